The number of rotatable bonds is 2. The molecule has 0 aliphatic carbocycles. The summed E-state index contributed by atoms with van der Waals surface area (Å²) in [6.07, 6.45) is 2.73. The molecule has 0 atom stereocenters. The Kier molecular flexibility index (Phi) is 23.9. The Balaban J connectivity index is 0. The minimum absolute atomic E-state index is 1.34. The van der Waals surface area contributed by atoms with Crippen LogP contribution in [0, 0.1) is 0 Å². The number of hydrogen-bond donors (Lipinski definition) is 0. The van der Waals surface area contributed by atoms with Gasteiger partial charge in [0.25, 0.3) is 0 Å². The molecule has 0 aromatic heterocycles. The number of hydrogen-bond acceptors (Lipinski definition) is 1. The van der Waals surface area contributed by atoms with E-state index in [0.717, 1.165) is 0 Å². The summed E-state index contributed by atoms with van der Waals surface area (Å²) in [7, 11) is 0. The minimum atomic E-state index is 1.34. The van der Waals surface area contributed by atoms with E-state index in [1.54, 1.807) is 0 Å². The molecule has 0 heterocycles. The van der Waals surface area contributed by atoms with Crippen molar-refractivity contribution in [2.45, 2.75) is 24.9 Å². The Bertz CT molecular complexity index is 22.0. The average molecular weight is 94.1 g/mol. The molecule has 7 heavy (non-hydrogen) atoms. The van der Waals surface area contributed by atoms with Crippen LogP contribution in [-0.4, -0.2) is 24.5 Å². The van der Waals surface area contributed by atoms with Gasteiger partial charge in [-0.3, -0.25) is 0 Å². The van der Waals surface area contributed by atoms with Gasteiger partial charge >= 0.3 is 42.6 Å². The summed E-state index contributed by atoms with van der Waals surface area (Å²) in [5.41, 5.74) is 0. The first-order valence-corrected chi connectivity index (χ1v) is 2.70. The molecule has 0 bridgehead atoms. The summed E-state index contributed by atoms with van der Waals surface area (Å²) in [6.45, 7) is 4.21. The van der Waals surface area contributed by atoms with E-state index in [-0.39, 0.29) is 0 Å². The van der Waals surface area contributed by atoms with Crippen LogP contribution in [0.1, 0.15) is 19.8 Å². The molecule has 0 spiro atoms. The van der Waals surface area contributed by atoms with Crippen molar-refractivity contribution in [1.82, 2.24) is 0 Å². The van der Waals surface area contributed by atoms with Crippen LogP contribution < -0.4 is 0 Å². The second-order valence-corrected chi connectivity index (χ2v) is 1.35. The van der Waals surface area contributed by atoms with Crippen molar-refractivity contribution in [3.63, 3.8) is 0 Å². The Hall–Kier alpha value is 0.267. The van der Waals surface area contributed by atoms with Gasteiger partial charge in [0.15, 0.2) is 0 Å². The molecule has 0 fully saturated rings. The summed E-state index contributed by atoms with van der Waals surface area (Å²) >= 11 is 2.21. The van der Waals surface area contributed by atoms with E-state index < -0.39 is 0 Å². The number of carbonyl (C=O) groups is 1. The van der Waals surface area contributed by atoms with Crippen molar-refractivity contribution in [2.75, 3.05) is 0 Å². The molecule has 0 aromatic carbocycles. The molecule has 0 unspecified atom stereocenters. The van der Waals surface area contributed by atoms with Crippen LogP contribution in [-0.2, 0) is 4.79 Å². The third kappa shape index (κ3) is 22.2. The number of unbranched alkanes of at least 4 members (excludes halogenated alkanes) is 1. The van der Waals surface area contributed by atoms with Crippen molar-refractivity contribution >= 4 is 24.5 Å². The van der Waals surface area contributed by atoms with Gasteiger partial charge in [0.1, 0.15) is 6.79 Å². The van der Waals surface area contributed by atoms with Gasteiger partial charge in [-0.2, -0.15) is 0 Å². The quantitative estimate of drug-likeness (QED) is 0.470. The van der Waals surface area contributed by atoms with E-state index >= 15 is 0 Å². The zero-order valence-electron chi connectivity index (χ0n) is 5.24. The van der Waals surface area contributed by atoms with Gasteiger partial charge in [-0.25, -0.2) is 0 Å². The third-order valence-electron chi connectivity index (χ3n) is 0.707. The fourth-order valence-electron chi connectivity index (χ4n) is 0.354. The standard InChI is InChI=1S/C4H9.CH2O.Li/c1-3-4-2;1-2;/h1,3-4H2,2H3;1H2;. The normalized spacial score (nSPS) is 6.71. The van der Waals surface area contributed by atoms with Gasteiger partial charge in [-0.15, -0.1) is 0 Å². The molecule has 38 valence electrons. The van der Waals surface area contributed by atoms with Crippen molar-refractivity contribution in [3.05, 3.63) is 0 Å². The third-order valence-corrected chi connectivity index (χ3v) is 0.707. The molecule has 1 nitrogen and oxygen atoms in total. The summed E-state index contributed by atoms with van der Waals surface area (Å²) in [6, 6.07) is 0. The molecule has 0 saturated heterocycles. The van der Waals surface area contributed by atoms with E-state index in [4.69, 9.17) is 4.79 Å². The summed E-state index contributed by atoms with van der Waals surface area (Å²) < 4.78 is 0. The van der Waals surface area contributed by atoms with Crippen molar-refractivity contribution in [2.24, 2.45) is 0 Å². The molecule has 2 heteroatoms. The first kappa shape index (κ1) is 10.3. The van der Waals surface area contributed by atoms with E-state index in [1.165, 1.54) is 17.9 Å². The Morgan fingerprint density at radius 2 is 2.00 bits per heavy atom. The van der Waals surface area contributed by atoms with Crippen LogP contribution in [0.2, 0.25) is 5.09 Å². The molecular formula is C5H11LiO. The van der Waals surface area contributed by atoms with Crippen LogP contribution >= 0.6 is 0 Å². The fourth-order valence-corrected chi connectivity index (χ4v) is 0.354. The van der Waals surface area contributed by atoms with E-state index in [1.807, 2.05) is 6.79 Å². The van der Waals surface area contributed by atoms with Crippen molar-refractivity contribution in [3.8, 4) is 0 Å². The maximum atomic E-state index is 8.00. The van der Waals surface area contributed by atoms with Crippen LogP contribution in [0.15, 0.2) is 0 Å². The van der Waals surface area contributed by atoms with Crippen LogP contribution in [0.5, 0.6) is 0 Å². The van der Waals surface area contributed by atoms with Gasteiger partial charge in [-0.1, -0.05) is 0 Å². The van der Waals surface area contributed by atoms with Gasteiger partial charge in [0.2, 0.25) is 0 Å². The van der Waals surface area contributed by atoms with E-state index in [9.17, 15) is 0 Å². The van der Waals surface area contributed by atoms with Crippen LogP contribution in [0.4, 0.5) is 0 Å². The van der Waals surface area contributed by atoms with Crippen LogP contribution in [0.25, 0.3) is 0 Å². The summed E-state index contributed by atoms with van der Waals surface area (Å²) in [4.78, 5) is 8.00. The second kappa shape index (κ2) is 16.3. The first-order chi connectivity index (χ1) is 3.41. The zero-order chi connectivity index (χ0) is 6.12. The van der Waals surface area contributed by atoms with Crippen molar-refractivity contribution in [1.29, 1.82) is 0 Å². The molecule has 0 aromatic rings. The zero-order valence-corrected chi connectivity index (χ0v) is 5.24. The molecule has 0 saturated carbocycles. The predicted octanol–water partition coefficient (Wildman–Crippen LogP) is 1.19. The molecule has 0 rings (SSSR count). The Labute approximate surface area is 54.7 Å². The summed E-state index contributed by atoms with van der Waals surface area (Å²) in [5.74, 6) is 0. The summed E-state index contributed by atoms with van der Waals surface area (Å²) in [5, 5.41) is 1.34. The monoisotopic (exact) mass is 94.1 g/mol. The number of carbonyl (C=O) groups excluding carboxylic acids is 1. The topological polar surface area (TPSA) is 17.1 Å². The molecule has 0 N–H and O–H groups in total. The molecule has 0 radical (unpaired) electrons. The SMILES string of the molecule is C=O.[Li][CH2]CCC. The molecule has 0 aliphatic heterocycles. The van der Waals surface area contributed by atoms with E-state index in [0.29, 0.717) is 0 Å². The predicted molar refractivity (Wildman–Crippen MR) is 32.6 cm³/mol. The Morgan fingerprint density at radius 1 is 1.57 bits per heavy atom. The van der Waals surface area contributed by atoms with Gasteiger partial charge in [-0.05, 0) is 0 Å². The first-order valence-electron chi connectivity index (χ1n) is 2.70. The van der Waals surface area contributed by atoms with Gasteiger partial charge in [0, 0.05) is 0 Å². The second-order valence-electron chi connectivity index (χ2n) is 1.35. The Morgan fingerprint density at radius 3 is 2.00 bits per heavy atom. The van der Waals surface area contributed by atoms with Gasteiger partial charge < -0.3 is 4.79 Å². The molecule has 0 aliphatic rings. The van der Waals surface area contributed by atoms with E-state index in [2.05, 4.69) is 24.6 Å². The van der Waals surface area contributed by atoms with Crippen molar-refractivity contribution < 1.29 is 4.79 Å². The average Bonchev–Trinajstić information content (AvgIpc) is 1.75. The maximum absolute atomic E-state index is 8.00. The van der Waals surface area contributed by atoms with Gasteiger partial charge in [0.05, 0.1) is 0 Å². The molecular weight excluding hydrogens is 83.0 g/mol. The molecule has 0 amide bonds. The van der Waals surface area contributed by atoms with Crippen LogP contribution in [0.3, 0.4) is 0 Å². The fraction of sp³-hybridized carbons (Fsp3) is 0.800.